The number of sulfonamides is 1. The monoisotopic (exact) mass is 429 g/mol. The predicted molar refractivity (Wildman–Crippen MR) is 115 cm³/mol. The minimum absolute atomic E-state index is 0.0308. The molecule has 30 heavy (non-hydrogen) atoms. The van der Waals surface area contributed by atoms with Crippen LogP contribution < -0.4 is 10.0 Å². The summed E-state index contributed by atoms with van der Waals surface area (Å²) < 4.78 is 29.2. The van der Waals surface area contributed by atoms with Crippen molar-refractivity contribution in [1.29, 1.82) is 0 Å². The van der Waals surface area contributed by atoms with Gasteiger partial charge in [-0.1, -0.05) is 39.0 Å². The number of carbonyl (C=O) groups excluding carboxylic acids is 1. The topological polar surface area (TPSA) is 105 Å². The highest BCUT2D eigenvalue weighted by molar-refractivity contribution is 7.89. The number of amides is 1. The fourth-order valence-corrected chi connectivity index (χ4v) is 4.01. The first-order chi connectivity index (χ1) is 14.2. The summed E-state index contributed by atoms with van der Waals surface area (Å²) >= 11 is 0. The van der Waals surface area contributed by atoms with Crippen molar-refractivity contribution in [1.82, 2.24) is 24.6 Å². The summed E-state index contributed by atoms with van der Waals surface area (Å²) in [7, 11) is -3.65. The quantitative estimate of drug-likeness (QED) is 0.570. The summed E-state index contributed by atoms with van der Waals surface area (Å²) in [4.78, 5) is 12.2. The maximum Gasteiger partial charge on any atom is 0.240 e. The lowest BCUT2D eigenvalue weighted by Gasteiger charge is -2.19. The summed E-state index contributed by atoms with van der Waals surface area (Å²) in [6, 6.07) is 12.4. The molecule has 2 aromatic heterocycles. The molecule has 0 saturated carbocycles. The molecular formula is C21H27N5O3S. The van der Waals surface area contributed by atoms with E-state index in [0.717, 1.165) is 17.0 Å². The van der Waals surface area contributed by atoms with Crippen molar-refractivity contribution in [3.63, 3.8) is 0 Å². The van der Waals surface area contributed by atoms with E-state index >= 15 is 0 Å². The Morgan fingerprint density at radius 2 is 1.77 bits per heavy atom. The van der Waals surface area contributed by atoms with Crippen molar-refractivity contribution in [2.75, 3.05) is 13.1 Å². The highest BCUT2D eigenvalue weighted by atomic mass is 32.2. The molecule has 8 nitrogen and oxygen atoms in total. The number of benzene rings is 1. The second-order valence-corrected chi connectivity index (χ2v) is 9.83. The molecule has 0 radical (unpaired) electrons. The van der Waals surface area contributed by atoms with E-state index in [2.05, 4.69) is 41.0 Å². The number of rotatable bonds is 8. The lowest BCUT2D eigenvalue weighted by atomic mass is 9.87. The van der Waals surface area contributed by atoms with Crippen molar-refractivity contribution in [2.45, 2.75) is 43.9 Å². The van der Waals surface area contributed by atoms with Gasteiger partial charge >= 0.3 is 0 Å². The average Bonchev–Trinajstić information content (AvgIpc) is 3.10. The Labute approximate surface area is 176 Å². The highest BCUT2D eigenvalue weighted by Gasteiger charge is 2.17. The van der Waals surface area contributed by atoms with E-state index in [4.69, 9.17) is 0 Å². The fourth-order valence-electron chi connectivity index (χ4n) is 2.98. The van der Waals surface area contributed by atoms with Gasteiger partial charge in [-0.15, -0.1) is 10.2 Å². The molecule has 3 rings (SSSR count). The van der Waals surface area contributed by atoms with Crippen LogP contribution in [0.15, 0.2) is 53.6 Å². The molecule has 1 aromatic carbocycles. The van der Waals surface area contributed by atoms with Crippen LogP contribution in [0.3, 0.4) is 0 Å². The second-order valence-electron chi connectivity index (χ2n) is 8.07. The zero-order chi connectivity index (χ0) is 21.8. The van der Waals surface area contributed by atoms with Crippen LogP contribution in [0.1, 0.15) is 38.6 Å². The van der Waals surface area contributed by atoms with Gasteiger partial charge in [-0.25, -0.2) is 13.1 Å². The molecule has 0 aliphatic carbocycles. The maximum atomic E-state index is 12.4. The molecule has 0 fully saturated rings. The molecule has 0 unspecified atom stereocenters. The first kappa shape index (κ1) is 21.9. The summed E-state index contributed by atoms with van der Waals surface area (Å²) in [6.45, 7) is 6.63. The first-order valence-corrected chi connectivity index (χ1v) is 11.3. The van der Waals surface area contributed by atoms with E-state index in [9.17, 15) is 13.2 Å². The van der Waals surface area contributed by atoms with Crippen molar-refractivity contribution in [3.8, 4) is 0 Å². The van der Waals surface area contributed by atoms with E-state index in [-0.39, 0.29) is 29.2 Å². The first-order valence-electron chi connectivity index (χ1n) is 9.82. The van der Waals surface area contributed by atoms with Gasteiger partial charge < -0.3 is 5.32 Å². The largest absolute Gasteiger partial charge is 0.356 e. The van der Waals surface area contributed by atoms with Gasteiger partial charge in [0.15, 0.2) is 5.65 Å². The van der Waals surface area contributed by atoms with Crippen LogP contribution in [0.4, 0.5) is 0 Å². The van der Waals surface area contributed by atoms with Crippen LogP contribution in [-0.4, -0.2) is 42.0 Å². The predicted octanol–water partition coefficient (Wildman–Crippen LogP) is 2.05. The molecule has 0 aliphatic rings. The number of nitrogens with one attached hydrogen (secondary N) is 2. The minimum Gasteiger partial charge on any atom is -0.356 e. The van der Waals surface area contributed by atoms with Crippen LogP contribution in [0.2, 0.25) is 0 Å². The average molecular weight is 430 g/mol. The van der Waals surface area contributed by atoms with Gasteiger partial charge in [0.1, 0.15) is 5.82 Å². The molecule has 0 spiro atoms. The van der Waals surface area contributed by atoms with Crippen LogP contribution in [0.5, 0.6) is 0 Å². The van der Waals surface area contributed by atoms with Gasteiger partial charge in [0.25, 0.3) is 0 Å². The summed E-state index contributed by atoms with van der Waals surface area (Å²) in [5.41, 5.74) is 1.76. The third-order valence-corrected chi connectivity index (χ3v) is 6.21. The normalized spacial score (nSPS) is 12.2. The SMILES string of the molecule is CC(C)(C)c1ccc(S(=O)(=O)NCCC(=O)NCCc2nnc3ccccn23)cc1. The van der Waals surface area contributed by atoms with Crippen molar-refractivity contribution in [2.24, 2.45) is 0 Å². The van der Waals surface area contributed by atoms with E-state index in [0.29, 0.717) is 13.0 Å². The van der Waals surface area contributed by atoms with Crippen LogP contribution in [0, 0.1) is 0 Å². The smallest absolute Gasteiger partial charge is 0.240 e. The molecule has 2 N–H and O–H groups in total. The Balaban J connectivity index is 1.44. The molecule has 1 amide bonds. The molecule has 0 atom stereocenters. The lowest BCUT2D eigenvalue weighted by molar-refractivity contribution is -0.120. The van der Waals surface area contributed by atoms with Gasteiger partial charge in [0, 0.05) is 32.1 Å². The van der Waals surface area contributed by atoms with Crippen LogP contribution in [-0.2, 0) is 26.7 Å². The number of fused-ring (bicyclic) bond motifs is 1. The summed E-state index contributed by atoms with van der Waals surface area (Å²) in [6.07, 6.45) is 2.46. The third-order valence-electron chi connectivity index (χ3n) is 4.73. The van der Waals surface area contributed by atoms with Gasteiger partial charge in [-0.2, -0.15) is 0 Å². The molecule has 9 heteroatoms. The maximum absolute atomic E-state index is 12.4. The molecular weight excluding hydrogens is 402 g/mol. The van der Waals surface area contributed by atoms with Crippen LogP contribution in [0.25, 0.3) is 5.65 Å². The number of aromatic nitrogens is 3. The Morgan fingerprint density at radius 1 is 1.03 bits per heavy atom. The number of hydrogen-bond donors (Lipinski definition) is 2. The summed E-state index contributed by atoms with van der Waals surface area (Å²) in [5.74, 6) is 0.528. The van der Waals surface area contributed by atoms with E-state index in [1.54, 1.807) is 12.1 Å². The van der Waals surface area contributed by atoms with E-state index in [1.165, 1.54) is 0 Å². The van der Waals surface area contributed by atoms with Crippen molar-refractivity contribution >= 4 is 21.6 Å². The zero-order valence-electron chi connectivity index (χ0n) is 17.4. The summed E-state index contributed by atoms with van der Waals surface area (Å²) in [5, 5.41) is 11.0. The fraction of sp³-hybridized carbons (Fsp3) is 0.381. The van der Waals surface area contributed by atoms with Crippen LogP contribution >= 0.6 is 0 Å². The second kappa shape index (κ2) is 8.93. The Hall–Kier alpha value is -2.78. The molecule has 0 saturated heterocycles. The number of nitrogens with zero attached hydrogens (tertiary/aromatic N) is 3. The minimum atomic E-state index is -3.65. The molecule has 160 valence electrons. The molecule has 0 aliphatic heterocycles. The number of pyridine rings is 1. The molecule has 2 heterocycles. The molecule has 3 aromatic rings. The van der Waals surface area contributed by atoms with Gasteiger partial charge in [0.2, 0.25) is 15.9 Å². The Kier molecular flexibility index (Phi) is 6.52. The van der Waals surface area contributed by atoms with Gasteiger partial charge in [0.05, 0.1) is 4.90 Å². The number of carbonyl (C=O) groups is 1. The van der Waals surface area contributed by atoms with Gasteiger partial charge in [-0.3, -0.25) is 9.20 Å². The zero-order valence-corrected chi connectivity index (χ0v) is 18.2. The van der Waals surface area contributed by atoms with E-state index < -0.39 is 10.0 Å². The Morgan fingerprint density at radius 3 is 2.47 bits per heavy atom. The third kappa shape index (κ3) is 5.43. The Bertz CT molecular complexity index is 1120. The highest BCUT2D eigenvalue weighted by Crippen LogP contribution is 2.23. The van der Waals surface area contributed by atoms with Crippen molar-refractivity contribution in [3.05, 3.63) is 60.0 Å². The van der Waals surface area contributed by atoms with Crippen molar-refractivity contribution < 1.29 is 13.2 Å². The lowest BCUT2D eigenvalue weighted by Crippen LogP contribution is -2.32. The van der Waals surface area contributed by atoms with E-state index in [1.807, 2.05) is 40.9 Å². The number of hydrogen-bond acceptors (Lipinski definition) is 5. The molecule has 0 bridgehead atoms. The standard InChI is InChI=1S/C21H27N5O3S/c1-21(2,3)16-7-9-17(10-8-16)30(28,29)23-14-12-20(27)22-13-11-19-25-24-18-6-4-5-15-26(18)19/h4-10,15,23H,11-14H2,1-3H3,(H,22,27). The van der Waals surface area contributed by atoms with Gasteiger partial charge in [-0.05, 0) is 35.2 Å².